The third kappa shape index (κ3) is 4.23. The fourth-order valence-electron chi connectivity index (χ4n) is 2.63. The molecule has 8 bridgehead atoms. The van der Waals surface area contributed by atoms with E-state index in [-0.39, 0.29) is 36.1 Å². The van der Waals surface area contributed by atoms with E-state index in [0.29, 0.717) is 23.0 Å². The quantitative estimate of drug-likeness (QED) is 0.402. The summed E-state index contributed by atoms with van der Waals surface area (Å²) in [6.07, 6.45) is 0. The maximum absolute atomic E-state index is 5.75. The zero-order chi connectivity index (χ0) is 21.9. The first kappa shape index (κ1) is 19.2. The number of fused-ring (bicyclic) bond motifs is 8. The Balaban J connectivity index is 1.63. The topological polar surface area (TPSA) is 133 Å². The summed E-state index contributed by atoms with van der Waals surface area (Å²) in [6, 6.07) is 13.3. The summed E-state index contributed by atoms with van der Waals surface area (Å²) in [7, 11) is 2.85. The molecule has 5 rings (SSSR count). The standard InChI is InChI=1S/C20H14N6O6/c1-27-15-21-17-25-18(22-15)30-12-6-4-8-14(10-12)32-20-24-16(28-2)23-19(26-20)31-13-7-3-5-11(9-13)29-17/h3-10H,1-2H3. The predicted molar refractivity (Wildman–Crippen MR) is 106 cm³/mol. The van der Waals surface area contributed by atoms with Gasteiger partial charge in [0.1, 0.15) is 23.0 Å². The van der Waals surface area contributed by atoms with Gasteiger partial charge in [-0.25, -0.2) is 0 Å². The van der Waals surface area contributed by atoms with Crippen molar-refractivity contribution in [3.63, 3.8) is 0 Å². The number of rotatable bonds is 2. The smallest absolute Gasteiger partial charge is 0.331 e. The van der Waals surface area contributed by atoms with Crippen molar-refractivity contribution in [2.75, 3.05) is 14.2 Å². The molecule has 0 spiro atoms. The number of benzene rings is 2. The average Bonchev–Trinajstić information content (AvgIpc) is 2.78. The molecule has 0 saturated carbocycles. The molecule has 1 aliphatic rings. The van der Waals surface area contributed by atoms with Crippen LogP contribution in [0.4, 0.5) is 0 Å². The summed E-state index contributed by atoms with van der Waals surface area (Å²) in [5.41, 5.74) is 0. The Morgan fingerprint density at radius 1 is 0.500 bits per heavy atom. The lowest BCUT2D eigenvalue weighted by atomic mass is 10.3. The first-order valence-corrected chi connectivity index (χ1v) is 9.18. The molecule has 3 heterocycles. The van der Waals surface area contributed by atoms with Crippen LogP contribution >= 0.6 is 0 Å². The molecule has 0 fully saturated rings. The normalized spacial score (nSPS) is 11.8. The highest BCUT2D eigenvalue weighted by Crippen LogP contribution is 2.31. The van der Waals surface area contributed by atoms with E-state index < -0.39 is 0 Å². The van der Waals surface area contributed by atoms with Gasteiger partial charge in [0.25, 0.3) is 0 Å². The SMILES string of the molecule is COc1nc2nc(n1)Oc1cccc(c1)Oc1nc(OC)nc(n1)Oc1cccc(c1)O2. The minimum Gasteiger partial charge on any atom is -0.467 e. The van der Waals surface area contributed by atoms with E-state index in [2.05, 4.69) is 29.9 Å². The third-order valence-electron chi connectivity index (χ3n) is 3.96. The molecule has 2 aromatic heterocycles. The van der Waals surface area contributed by atoms with Gasteiger partial charge in [-0.15, -0.1) is 29.9 Å². The van der Waals surface area contributed by atoms with Gasteiger partial charge in [-0.05, 0) is 24.3 Å². The molecule has 12 nitrogen and oxygen atoms in total. The Morgan fingerprint density at radius 2 is 0.812 bits per heavy atom. The van der Waals surface area contributed by atoms with Crippen molar-refractivity contribution in [1.82, 2.24) is 29.9 Å². The van der Waals surface area contributed by atoms with E-state index in [4.69, 9.17) is 28.4 Å². The van der Waals surface area contributed by atoms with Crippen molar-refractivity contribution < 1.29 is 28.4 Å². The minimum atomic E-state index is -0.0346. The molecule has 0 amide bonds. The number of aromatic nitrogens is 6. The lowest BCUT2D eigenvalue weighted by molar-refractivity contribution is 0.330. The lowest BCUT2D eigenvalue weighted by Gasteiger charge is -2.12. The molecular formula is C20H14N6O6. The second kappa shape index (κ2) is 8.18. The zero-order valence-corrected chi connectivity index (χ0v) is 16.8. The Bertz CT molecular complexity index is 1110. The molecule has 160 valence electrons. The summed E-state index contributed by atoms with van der Waals surface area (Å²) in [5.74, 6) is 1.53. The molecule has 0 saturated heterocycles. The van der Waals surface area contributed by atoms with Crippen LogP contribution in [0.25, 0.3) is 0 Å². The van der Waals surface area contributed by atoms with E-state index in [1.165, 1.54) is 14.2 Å². The fourth-order valence-corrected chi connectivity index (χ4v) is 2.63. The molecule has 0 atom stereocenters. The highest BCUT2D eigenvalue weighted by atomic mass is 16.5. The fraction of sp³-hybridized carbons (Fsp3) is 0.100. The molecule has 32 heavy (non-hydrogen) atoms. The monoisotopic (exact) mass is 434 g/mol. The third-order valence-corrected chi connectivity index (χ3v) is 3.96. The average molecular weight is 434 g/mol. The van der Waals surface area contributed by atoms with Gasteiger partial charge < -0.3 is 28.4 Å². The highest BCUT2D eigenvalue weighted by Gasteiger charge is 2.15. The van der Waals surface area contributed by atoms with Gasteiger partial charge in [-0.3, -0.25) is 0 Å². The van der Waals surface area contributed by atoms with Crippen molar-refractivity contribution in [3.8, 4) is 59.1 Å². The van der Waals surface area contributed by atoms with Gasteiger partial charge in [0.15, 0.2) is 0 Å². The lowest BCUT2D eigenvalue weighted by Crippen LogP contribution is -2.03. The number of methoxy groups -OCH3 is 2. The van der Waals surface area contributed by atoms with E-state index in [1.807, 2.05) is 0 Å². The van der Waals surface area contributed by atoms with Gasteiger partial charge in [0, 0.05) is 12.1 Å². The Kier molecular flexibility index (Phi) is 4.92. The van der Waals surface area contributed by atoms with Gasteiger partial charge in [-0.2, -0.15) is 0 Å². The summed E-state index contributed by atoms with van der Waals surface area (Å²) < 4.78 is 33.3. The van der Waals surface area contributed by atoms with Crippen molar-refractivity contribution >= 4 is 0 Å². The largest absolute Gasteiger partial charge is 0.467 e. The van der Waals surface area contributed by atoms with E-state index in [9.17, 15) is 0 Å². The predicted octanol–water partition coefficient (Wildman–Crippen LogP) is 3.56. The van der Waals surface area contributed by atoms with Gasteiger partial charge in [-0.1, -0.05) is 12.1 Å². The second-order valence-corrected chi connectivity index (χ2v) is 6.13. The summed E-state index contributed by atoms with van der Waals surface area (Å²) in [5, 5.41) is 0. The Morgan fingerprint density at radius 3 is 1.09 bits per heavy atom. The first-order chi connectivity index (χ1) is 15.7. The molecule has 0 unspecified atom stereocenters. The van der Waals surface area contributed by atoms with Crippen LogP contribution in [0, 0.1) is 0 Å². The van der Waals surface area contributed by atoms with Crippen LogP contribution in [0.2, 0.25) is 0 Å². The molecule has 0 aliphatic carbocycles. The van der Waals surface area contributed by atoms with Crippen molar-refractivity contribution in [3.05, 3.63) is 48.5 Å². The van der Waals surface area contributed by atoms with E-state index in [0.717, 1.165) is 0 Å². The van der Waals surface area contributed by atoms with Crippen LogP contribution in [0.3, 0.4) is 0 Å². The summed E-state index contributed by atoms with van der Waals surface area (Å²) in [6.45, 7) is 0. The number of ether oxygens (including phenoxy) is 6. The molecular weight excluding hydrogens is 420 g/mol. The molecule has 4 aromatic rings. The van der Waals surface area contributed by atoms with Gasteiger partial charge in [0.2, 0.25) is 0 Å². The molecule has 12 heteroatoms. The molecule has 0 radical (unpaired) electrons. The van der Waals surface area contributed by atoms with E-state index >= 15 is 0 Å². The summed E-state index contributed by atoms with van der Waals surface area (Å²) in [4.78, 5) is 24.7. The van der Waals surface area contributed by atoms with Crippen LogP contribution < -0.4 is 28.4 Å². The van der Waals surface area contributed by atoms with Crippen LogP contribution in [0.5, 0.6) is 59.1 Å². The van der Waals surface area contributed by atoms with Crippen LogP contribution in [-0.4, -0.2) is 44.1 Å². The van der Waals surface area contributed by atoms with Crippen LogP contribution in [0.15, 0.2) is 48.5 Å². The van der Waals surface area contributed by atoms with Crippen LogP contribution in [0.1, 0.15) is 0 Å². The maximum atomic E-state index is 5.75. The number of nitrogens with zero attached hydrogens (tertiary/aromatic N) is 6. The van der Waals surface area contributed by atoms with Crippen molar-refractivity contribution in [1.29, 1.82) is 0 Å². The first-order valence-electron chi connectivity index (χ1n) is 9.18. The minimum absolute atomic E-state index is 0.0191. The molecule has 1 aliphatic heterocycles. The second-order valence-electron chi connectivity index (χ2n) is 6.13. The zero-order valence-electron chi connectivity index (χ0n) is 16.8. The van der Waals surface area contributed by atoms with Gasteiger partial charge >= 0.3 is 36.1 Å². The van der Waals surface area contributed by atoms with Crippen LogP contribution in [-0.2, 0) is 0 Å². The Labute approximate surface area is 180 Å². The molecule has 2 aromatic carbocycles. The maximum Gasteiger partial charge on any atom is 0.331 e. The highest BCUT2D eigenvalue weighted by molar-refractivity contribution is 5.38. The van der Waals surface area contributed by atoms with Crippen molar-refractivity contribution in [2.24, 2.45) is 0 Å². The Hall–Kier alpha value is -4.74. The van der Waals surface area contributed by atoms with Gasteiger partial charge in [0.05, 0.1) is 14.2 Å². The molecule has 0 N–H and O–H groups in total. The number of hydrogen-bond donors (Lipinski definition) is 0. The van der Waals surface area contributed by atoms with E-state index in [1.54, 1.807) is 48.5 Å². The number of hydrogen-bond acceptors (Lipinski definition) is 12. The van der Waals surface area contributed by atoms with Crippen molar-refractivity contribution in [2.45, 2.75) is 0 Å². The summed E-state index contributed by atoms with van der Waals surface area (Å²) >= 11 is 0.